The minimum Gasteiger partial charge on any atom is -0.382 e. The third-order valence-electron chi connectivity index (χ3n) is 2.55. The molecule has 1 nitrogen and oxygen atoms in total. The molecule has 1 aliphatic rings. The van der Waals surface area contributed by atoms with Gasteiger partial charge in [-0.05, 0) is 66.5 Å². The molecule has 0 saturated heterocycles. The van der Waals surface area contributed by atoms with Crippen LogP contribution in [0.3, 0.4) is 0 Å². The molecule has 0 aromatic heterocycles. The van der Waals surface area contributed by atoms with Crippen molar-refractivity contribution in [1.82, 2.24) is 0 Å². The van der Waals surface area contributed by atoms with E-state index in [1.54, 1.807) is 0 Å². The van der Waals surface area contributed by atoms with E-state index in [1.807, 2.05) is 0 Å². The normalized spacial score (nSPS) is 18.3. The molecule has 13 heavy (non-hydrogen) atoms. The van der Waals surface area contributed by atoms with Crippen molar-refractivity contribution in [3.63, 3.8) is 0 Å². The molecule has 0 aliphatic heterocycles. The molecule has 0 bridgehead atoms. The molecule has 0 spiro atoms. The smallest absolute Gasteiger partial charge is 0.0352 e. The largest absolute Gasteiger partial charge is 0.382 e. The summed E-state index contributed by atoms with van der Waals surface area (Å²) in [6.45, 7) is 2.28. The molecule has 1 atom stereocenters. The first kappa shape index (κ1) is 9.31. The highest BCUT2D eigenvalue weighted by Crippen LogP contribution is 2.33. The fourth-order valence-electron chi connectivity index (χ4n) is 1.56. The number of anilines is 1. The van der Waals surface area contributed by atoms with Gasteiger partial charge in [-0.25, -0.2) is 0 Å². The van der Waals surface area contributed by atoms with E-state index < -0.39 is 0 Å². The van der Waals surface area contributed by atoms with Crippen LogP contribution in [0.1, 0.15) is 19.8 Å². The van der Waals surface area contributed by atoms with Gasteiger partial charge in [-0.1, -0.05) is 6.07 Å². The summed E-state index contributed by atoms with van der Waals surface area (Å²) in [5, 5.41) is 3.54. The molecular formula is C11H14IN. The quantitative estimate of drug-likeness (QED) is 0.839. The SMILES string of the molecule is CC(Nc1cccc(I)c1)C1CC1. The molecule has 1 aliphatic carbocycles. The maximum atomic E-state index is 3.54. The summed E-state index contributed by atoms with van der Waals surface area (Å²) in [5.74, 6) is 0.915. The number of benzene rings is 1. The van der Waals surface area contributed by atoms with Crippen molar-refractivity contribution in [2.75, 3.05) is 5.32 Å². The van der Waals surface area contributed by atoms with E-state index in [2.05, 4.69) is 59.1 Å². The van der Waals surface area contributed by atoms with Gasteiger partial charge in [0.2, 0.25) is 0 Å². The second-order valence-corrected chi connectivity index (χ2v) is 5.03. The van der Waals surface area contributed by atoms with Gasteiger partial charge in [0.05, 0.1) is 0 Å². The first-order valence-corrected chi connectivity index (χ1v) is 5.85. The number of halogens is 1. The number of hydrogen-bond acceptors (Lipinski definition) is 1. The Bertz CT molecular complexity index is 294. The van der Waals surface area contributed by atoms with Crippen LogP contribution in [0.5, 0.6) is 0 Å². The molecule has 1 saturated carbocycles. The zero-order valence-electron chi connectivity index (χ0n) is 7.76. The van der Waals surface area contributed by atoms with Crippen LogP contribution in [0.4, 0.5) is 5.69 Å². The van der Waals surface area contributed by atoms with Crippen LogP contribution in [-0.4, -0.2) is 6.04 Å². The Labute approximate surface area is 93.1 Å². The molecule has 1 unspecified atom stereocenters. The fourth-order valence-corrected chi connectivity index (χ4v) is 2.10. The van der Waals surface area contributed by atoms with Gasteiger partial charge in [-0.3, -0.25) is 0 Å². The van der Waals surface area contributed by atoms with E-state index >= 15 is 0 Å². The van der Waals surface area contributed by atoms with Gasteiger partial charge in [-0.15, -0.1) is 0 Å². The van der Waals surface area contributed by atoms with Gasteiger partial charge in [0, 0.05) is 15.3 Å². The standard InChI is InChI=1S/C11H14IN/c1-8(9-5-6-9)13-11-4-2-3-10(12)7-11/h2-4,7-9,13H,5-6H2,1H3. The van der Waals surface area contributed by atoms with Gasteiger partial charge >= 0.3 is 0 Å². The third kappa shape index (κ3) is 2.59. The van der Waals surface area contributed by atoms with Crippen molar-refractivity contribution in [3.05, 3.63) is 27.8 Å². The fraction of sp³-hybridized carbons (Fsp3) is 0.455. The first-order chi connectivity index (χ1) is 6.25. The topological polar surface area (TPSA) is 12.0 Å². The zero-order chi connectivity index (χ0) is 9.26. The lowest BCUT2D eigenvalue weighted by atomic mass is 10.2. The van der Waals surface area contributed by atoms with Crippen LogP contribution in [0.15, 0.2) is 24.3 Å². The lowest BCUT2D eigenvalue weighted by Crippen LogP contribution is -2.17. The lowest BCUT2D eigenvalue weighted by Gasteiger charge is -2.14. The van der Waals surface area contributed by atoms with Gasteiger partial charge in [0.15, 0.2) is 0 Å². The lowest BCUT2D eigenvalue weighted by molar-refractivity contribution is 0.694. The second kappa shape index (κ2) is 3.86. The summed E-state index contributed by atoms with van der Waals surface area (Å²) in [5.41, 5.74) is 1.26. The molecule has 0 amide bonds. The molecule has 0 heterocycles. The molecule has 1 aromatic rings. The number of rotatable bonds is 3. The maximum Gasteiger partial charge on any atom is 0.0352 e. The van der Waals surface area contributed by atoms with Crippen molar-refractivity contribution in [1.29, 1.82) is 0 Å². The zero-order valence-corrected chi connectivity index (χ0v) is 9.91. The summed E-state index contributed by atoms with van der Waals surface area (Å²) in [6.07, 6.45) is 2.80. The Balaban J connectivity index is 2.00. The highest BCUT2D eigenvalue weighted by molar-refractivity contribution is 14.1. The van der Waals surface area contributed by atoms with Gasteiger partial charge in [0.1, 0.15) is 0 Å². The monoisotopic (exact) mass is 287 g/mol. The van der Waals surface area contributed by atoms with Crippen molar-refractivity contribution < 1.29 is 0 Å². The van der Waals surface area contributed by atoms with Crippen molar-refractivity contribution >= 4 is 28.3 Å². The van der Waals surface area contributed by atoms with Crippen molar-refractivity contribution in [3.8, 4) is 0 Å². The molecule has 1 aromatic carbocycles. The van der Waals surface area contributed by atoms with Crippen LogP contribution in [0.25, 0.3) is 0 Å². The summed E-state index contributed by atoms with van der Waals surface area (Å²) in [7, 11) is 0. The Hall–Kier alpha value is -0.250. The molecule has 1 fully saturated rings. The highest BCUT2D eigenvalue weighted by atomic mass is 127. The van der Waals surface area contributed by atoms with Crippen LogP contribution < -0.4 is 5.32 Å². The predicted octanol–water partition coefficient (Wildman–Crippen LogP) is 3.50. The van der Waals surface area contributed by atoms with E-state index in [4.69, 9.17) is 0 Å². The molecular weight excluding hydrogens is 273 g/mol. The van der Waals surface area contributed by atoms with Crippen molar-refractivity contribution in [2.24, 2.45) is 5.92 Å². The van der Waals surface area contributed by atoms with Crippen LogP contribution >= 0.6 is 22.6 Å². The molecule has 70 valence electrons. The average Bonchev–Trinajstić information content (AvgIpc) is 2.85. The van der Waals surface area contributed by atoms with Gasteiger partial charge in [0.25, 0.3) is 0 Å². The minimum absolute atomic E-state index is 0.637. The van der Waals surface area contributed by atoms with Gasteiger partial charge in [-0.2, -0.15) is 0 Å². The summed E-state index contributed by atoms with van der Waals surface area (Å²) in [4.78, 5) is 0. The Morgan fingerprint density at radius 1 is 1.46 bits per heavy atom. The summed E-state index contributed by atoms with van der Waals surface area (Å²) in [6, 6.07) is 9.19. The van der Waals surface area contributed by atoms with E-state index in [0.29, 0.717) is 6.04 Å². The third-order valence-corrected chi connectivity index (χ3v) is 3.22. The predicted molar refractivity (Wildman–Crippen MR) is 65.0 cm³/mol. The molecule has 1 N–H and O–H groups in total. The first-order valence-electron chi connectivity index (χ1n) is 4.78. The second-order valence-electron chi connectivity index (χ2n) is 3.78. The minimum atomic E-state index is 0.637. The highest BCUT2D eigenvalue weighted by Gasteiger charge is 2.27. The average molecular weight is 287 g/mol. The van der Waals surface area contributed by atoms with E-state index in [9.17, 15) is 0 Å². The number of hydrogen-bond donors (Lipinski definition) is 1. The van der Waals surface area contributed by atoms with Crippen LogP contribution in [0, 0.1) is 9.49 Å². The van der Waals surface area contributed by atoms with E-state index in [0.717, 1.165) is 5.92 Å². The number of nitrogens with one attached hydrogen (secondary N) is 1. The van der Waals surface area contributed by atoms with Crippen LogP contribution in [0.2, 0.25) is 0 Å². The van der Waals surface area contributed by atoms with Gasteiger partial charge < -0.3 is 5.32 Å². The summed E-state index contributed by atoms with van der Waals surface area (Å²) >= 11 is 2.35. The Morgan fingerprint density at radius 2 is 2.23 bits per heavy atom. The maximum absolute atomic E-state index is 3.54. The van der Waals surface area contributed by atoms with E-state index in [1.165, 1.54) is 22.1 Å². The summed E-state index contributed by atoms with van der Waals surface area (Å²) < 4.78 is 1.30. The Kier molecular flexibility index (Phi) is 2.77. The molecule has 2 heteroatoms. The Morgan fingerprint density at radius 3 is 2.85 bits per heavy atom. The van der Waals surface area contributed by atoms with E-state index in [-0.39, 0.29) is 0 Å². The molecule has 2 rings (SSSR count). The molecule has 0 radical (unpaired) electrons. The van der Waals surface area contributed by atoms with Crippen LogP contribution in [-0.2, 0) is 0 Å². The van der Waals surface area contributed by atoms with Crippen molar-refractivity contribution in [2.45, 2.75) is 25.8 Å².